The number of aliphatic hydroxyl groups excluding tert-OH is 3. The van der Waals surface area contributed by atoms with Crippen molar-refractivity contribution in [1.82, 2.24) is 9.80 Å². The van der Waals surface area contributed by atoms with Crippen molar-refractivity contribution in [2.75, 3.05) is 47.9 Å². The first-order valence-corrected chi connectivity index (χ1v) is 18.6. The molecule has 0 aromatic carbocycles. The number of hydrogen-bond donors (Lipinski definition) is 4. The minimum atomic E-state index is -1.86. The van der Waals surface area contributed by atoms with Crippen molar-refractivity contribution < 1.29 is 49.0 Å². The Balaban J connectivity index is 2.68. The monoisotopic (exact) mass is 727 g/mol. The summed E-state index contributed by atoms with van der Waals surface area (Å²) >= 11 is 0. The summed E-state index contributed by atoms with van der Waals surface area (Å²) < 4.78 is 25.0. The summed E-state index contributed by atoms with van der Waals surface area (Å²) in [6.07, 6.45) is 0.687. The number of rotatable bonds is 12. The van der Waals surface area contributed by atoms with Crippen LogP contribution in [0.1, 0.15) is 87.5 Å². The second-order valence-electron chi connectivity index (χ2n) is 15.7. The third-order valence-electron chi connectivity index (χ3n) is 11.1. The van der Waals surface area contributed by atoms with Gasteiger partial charge in [-0.05, 0) is 74.5 Å². The van der Waals surface area contributed by atoms with Gasteiger partial charge in [-0.25, -0.2) is 0 Å². The number of oxime groups is 1. The Bertz CT molecular complexity index is 1150. The molecule has 51 heavy (non-hydrogen) atoms. The zero-order valence-corrected chi connectivity index (χ0v) is 33.2. The highest BCUT2D eigenvalue weighted by Gasteiger charge is 2.51. The molecular weight excluding hydrogens is 658 g/mol. The Morgan fingerprint density at radius 3 is 2.25 bits per heavy atom. The molecule has 0 amide bonds. The van der Waals surface area contributed by atoms with Crippen LogP contribution < -0.4 is 0 Å². The van der Waals surface area contributed by atoms with E-state index in [1.54, 1.807) is 34.8 Å². The molecule has 0 radical (unpaired) electrons. The highest BCUT2D eigenvalue weighted by Crippen LogP contribution is 2.39. The number of likely N-dealkylation sites (N-methyl/N-ethyl adjacent to an activating group) is 1. The van der Waals surface area contributed by atoms with Gasteiger partial charge in [0, 0.05) is 50.4 Å². The summed E-state index contributed by atoms with van der Waals surface area (Å²) in [6, 6.07) is -0.308. The fourth-order valence-corrected chi connectivity index (χ4v) is 7.67. The van der Waals surface area contributed by atoms with E-state index >= 15 is 0 Å². The van der Waals surface area contributed by atoms with E-state index in [9.17, 15) is 25.2 Å². The summed E-state index contributed by atoms with van der Waals surface area (Å²) in [5.74, 6) is -1.01. The molecule has 2 fully saturated rings. The highest BCUT2D eigenvalue weighted by atomic mass is 16.7. The lowest BCUT2D eigenvalue weighted by molar-refractivity contribution is -0.301. The molecule has 0 spiro atoms. The number of ether oxygens (including phenoxy) is 4. The van der Waals surface area contributed by atoms with Crippen LogP contribution in [0.4, 0.5) is 0 Å². The standard InChI is InChI=1S/C38H69N3O10/c1-14-16-19-41(12)28-21-24(4)49-36(32(28)43)51-34-26(6)31(42)27(7)35(45)50-29(15-2)38(9,46)33(44)25(5)30(23(3)22-37(34,8)47-13)39-48-20-17-18-40(10)11/h1,23-29,31-34,36,42-44,46H,15-22H2,2-13H3/b39-30+/t23-,24-,25+,26+,27-,28+,29-,31+,32-,33-,34-,36+,37-,38-/m1/s1. The SMILES string of the molecule is C#CCCN(C)[C@H]1C[C@@H](C)O[C@@H](O[C@@H]2[C@@H](C)[C@H](O)[C@@H](C)C(=O)O[C@H](CC)[C@@](C)(O)[C@H](O)[C@@H](C)/C(=N/OCCCN(C)C)[C@H](C)C[C@@]2(C)OC)[C@@H]1O. The zero-order chi connectivity index (χ0) is 38.8. The largest absolute Gasteiger partial charge is 0.459 e. The van der Waals surface area contributed by atoms with Gasteiger partial charge in [-0.2, -0.15) is 0 Å². The normalized spacial score (nSPS) is 41.3. The van der Waals surface area contributed by atoms with Gasteiger partial charge in [0.1, 0.15) is 24.4 Å². The Morgan fingerprint density at radius 1 is 1.04 bits per heavy atom. The molecule has 2 rings (SSSR count). The van der Waals surface area contributed by atoms with Gasteiger partial charge in [-0.15, -0.1) is 12.3 Å². The molecule has 14 atom stereocenters. The number of esters is 1. The zero-order valence-electron chi connectivity index (χ0n) is 33.2. The molecule has 2 saturated heterocycles. The van der Waals surface area contributed by atoms with Crippen LogP contribution in [0.15, 0.2) is 5.16 Å². The smallest absolute Gasteiger partial charge is 0.311 e. The molecule has 0 aliphatic carbocycles. The predicted molar refractivity (Wildman–Crippen MR) is 196 cm³/mol. The average molecular weight is 728 g/mol. The van der Waals surface area contributed by atoms with E-state index in [2.05, 4.69) is 11.1 Å². The van der Waals surface area contributed by atoms with Gasteiger partial charge in [0.15, 0.2) is 6.29 Å². The van der Waals surface area contributed by atoms with Gasteiger partial charge in [-0.3, -0.25) is 9.69 Å². The third kappa shape index (κ3) is 11.6. The van der Waals surface area contributed by atoms with Crippen molar-refractivity contribution in [1.29, 1.82) is 0 Å². The maximum absolute atomic E-state index is 13.6. The molecule has 296 valence electrons. The van der Waals surface area contributed by atoms with E-state index < -0.39 is 77.7 Å². The maximum Gasteiger partial charge on any atom is 0.311 e. The van der Waals surface area contributed by atoms with Crippen molar-refractivity contribution in [3.63, 3.8) is 0 Å². The number of terminal acetylenes is 1. The van der Waals surface area contributed by atoms with Gasteiger partial charge in [-0.1, -0.05) is 32.9 Å². The summed E-state index contributed by atoms with van der Waals surface area (Å²) in [6.45, 7) is 15.7. The lowest BCUT2D eigenvalue weighted by Crippen LogP contribution is -2.60. The van der Waals surface area contributed by atoms with Crippen LogP contribution in [0.3, 0.4) is 0 Å². The van der Waals surface area contributed by atoms with Crippen LogP contribution >= 0.6 is 0 Å². The van der Waals surface area contributed by atoms with Crippen LogP contribution in [0.2, 0.25) is 0 Å². The van der Waals surface area contributed by atoms with Crippen LogP contribution in [0, 0.1) is 36.0 Å². The molecule has 0 aromatic rings. The van der Waals surface area contributed by atoms with Crippen LogP contribution in [0.5, 0.6) is 0 Å². The molecule has 4 N–H and O–H groups in total. The number of carbonyl (C=O) groups is 1. The molecule has 2 aliphatic heterocycles. The van der Waals surface area contributed by atoms with Crippen molar-refractivity contribution in [3.05, 3.63) is 0 Å². The van der Waals surface area contributed by atoms with E-state index in [1.165, 1.54) is 6.92 Å². The Labute approximate surface area is 307 Å². The molecule has 13 nitrogen and oxygen atoms in total. The Morgan fingerprint density at radius 2 is 1.69 bits per heavy atom. The molecule has 0 bridgehead atoms. The number of aliphatic hydroxyl groups is 4. The summed E-state index contributed by atoms with van der Waals surface area (Å²) in [5.41, 5.74) is -2.54. The Hall–Kier alpha value is -1.86. The minimum Gasteiger partial charge on any atom is -0.459 e. The molecule has 13 heteroatoms. The summed E-state index contributed by atoms with van der Waals surface area (Å²) in [7, 11) is 7.40. The van der Waals surface area contributed by atoms with E-state index in [4.69, 9.17) is 30.2 Å². The van der Waals surface area contributed by atoms with Crippen molar-refractivity contribution in [3.8, 4) is 12.3 Å². The predicted octanol–water partition coefficient (Wildman–Crippen LogP) is 2.66. The van der Waals surface area contributed by atoms with Crippen molar-refractivity contribution in [2.24, 2.45) is 28.8 Å². The van der Waals surface area contributed by atoms with Crippen molar-refractivity contribution >= 4 is 11.7 Å². The van der Waals surface area contributed by atoms with E-state index in [0.717, 1.165) is 13.0 Å². The van der Waals surface area contributed by atoms with Crippen LogP contribution in [-0.2, 0) is 28.6 Å². The van der Waals surface area contributed by atoms with Gasteiger partial charge >= 0.3 is 5.97 Å². The molecule has 0 unspecified atom stereocenters. The van der Waals surface area contributed by atoms with Gasteiger partial charge < -0.3 is 49.1 Å². The first-order valence-electron chi connectivity index (χ1n) is 18.6. The second-order valence-corrected chi connectivity index (χ2v) is 15.7. The topological polar surface area (TPSA) is 163 Å². The fourth-order valence-electron chi connectivity index (χ4n) is 7.67. The highest BCUT2D eigenvalue weighted by molar-refractivity contribution is 5.88. The second kappa shape index (κ2) is 20.0. The first-order chi connectivity index (χ1) is 23.8. The van der Waals surface area contributed by atoms with Crippen molar-refractivity contribution in [2.45, 2.75) is 148 Å². The summed E-state index contributed by atoms with van der Waals surface area (Å²) in [5, 5.41) is 51.4. The number of nitrogens with zero attached hydrogens (tertiary/aromatic N) is 3. The number of methoxy groups -OCH3 is 1. The molecule has 2 heterocycles. The first kappa shape index (κ1) is 45.3. The Kier molecular flexibility index (Phi) is 17.8. The molecular formula is C38H69N3O10. The lowest BCUT2D eigenvalue weighted by Gasteiger charge is -2.48. The van der Waals surface area contributed by atoms with Gasteiger partial charge in [0.2, 0.25) is 0 Å². The quantitative estimate of drug-likeness (QED) is 0.101. The molecule has 0 saturated carbocycles. The number of cyclic esters (lactones) is 1. The van der Waals surface area contributed by atoms with E-state index in [-0.39, 0.29) is 25.0 Å². The third-order valence-corrected chi connectivity index (χ3v) is 11.1. The van der Waals surface area contributed by atoms with Crippen LogP contribution in [0.25, 0.3) is 0 Å². The summed E-state index contributed by atoms with van der Waals surface area (Å²) in [4.78, 5) is 23.5. The fraction of sp³-hybridized carbons (Fsp3) is 0.895. The lowest BCUT2D eigenvalue weighted by atomic mass is 9.73. The minimum absolute atomic E-state index is 0.212. The average Bonchev–Trinajstić information content (AvgIpc) is 3.08. The van der Waals surface area contributed by atoms with Gasteiger partial charge in [0.25, 0.3) is 0 Å². The maximum atomic E-state index is 13.6. The van der Waals surface area contributed by atoms with E-state index in [1.807, 2.05) is 51.7 Å². The number of carbonyl (C=O) groups excluding carboxylic acids is 1. The van der Waals surface area contributed by atoms with Crippen LogP contribution in [-0.4, -0.2) is 150 Å². The molecule has 2 aliphatic rings. The van der Waals surface area contributed by atoms with E-state index in [0.29, 0.717) is 31.7 Å². The number of hydrogen-bond acceptors (Lipinski definition) is 13. The molecule has 0 aromatic heterocycles. The van der Waals surface area contributed by atoms with Gasteiger partial charge in [0.05, 0.1) is 41.6 Å².